The van der Waals surface area contributed by atoms with E-state index in [-0.39, 0.29) is 5.75 Å². The molecular formula is C13H15BrN2O4S. The normalized spacial score (nSPS) is 11.7. The Kier molecular flexibility index (Phi) is 6.70. The molecule has 0 aliphatic heterocycles. The number of nitrogens with two attached hydrogens (primary N) is 1. The highest BCUT2D eigenvalue weighted by Crippen LogP contribution is 2.25. The first kappa shape index (κ1) is 17.5. The standard InChI is InChI=1S/C13H15BrN2O4S/c1-7-4-8(14)2-3-10(7)21-6-12(18)16-9(13(19)20)5-11(15)17/h2-4,9H,5-6H2,1H3,(H2,15,17)(H,16,18)(H,19,20)/t9-/m1/s1. The van der Waals surface area contributed by atoms with Gasteiger partial charge in [0.15, 0.2) is 0 Å². The number of aryl methyl sites for hydroxylation is 1. The van der Waals surface area contributed by atoms with Gasteiger partial charge in [-0.05, 0) is 30.7 Å². The SMILES string of the molecule is Cc1cc(Br)ccc1SCC(=O)N[C@H](CC(N)=O)C(=O)O. The number of halogens is 1. The highest BCUT2D eigenvalue weighted by Gasteiger charge is 2.22. The number of carboxylic acid groups (broad SMARTS) is 1. The first-order valence-electron chi connectivity index (χ1n) is 5.99. The number of aliphatic carboxylic acids is 1. The largest absolute Gasteiger partial charge is 0.480 e. The average molecular weight is 375 g/mol. The Balaban J connectivity index is 2.56. The van der Waals surface area contributed by atoms with Crippen molar-refractivity contribution in [3.8, 4) is 0 Å². The zero-order valence-electron chi connectivity index (χ0n) is 11.3. The van der Waals surface area contributed by atoms with Gasteiger partial charge in [0.25, 0.3) is 0 Å². The van der Waals surface area contributed by atoms with Crippen LogP contribution in [0.1, 0.15) is 12.0 Å². The maximum absolute atomic E-state index is 11.7. The summed E-state index contributed by atoms with van der Waals surface area (Å²) in [6, 6.07) is 4.37. The number of hydrogen-bond acceptors (Lipinski definition) is 4. The van der Waals surface area contributed by atoms with Gasteiger partial charge < -0.3 is 16.2 Å². The molecule has 0 bridgehead atoms. The summed E-state index contributed by atoms with van der Waals surface area (Å²) >= 11 is 4.64. The zero-order valence-corrected chi connectivity index (χ0v) is 13.7. The summed E-state index contributed by atoms with van der Waals surface area (Å²) in [5.74, 6) is -2.47. The third-order valence-corrected chi connectivity index (χ3v) is 4.20. The lowest BCUT2D eigenvalue weighted by molar-refractivity contribution is -0.143. The molecule has 21 heavy (non-hydrogen) atoms. The van der Waals surface area contributed by atoms with E-state index in [0.717, 1.165) is 14.9 Å². The minimum atomic E-state index is -1.29. The third kappa shape index (κ3) is 6.17. The van der Waals surface area contributed by atoms with Gasteiger partial charge in [0, 0.05) is 9.37 Å². The van der Waals surface area contributed by atoms with Crippen molar-refractivity contribution in [2.45, 2.75) is 24.3 Å². The number of carbonyl (C=O) groups excluding carboxylic acids is 2. The maximum Gasteiger partial charge on any atom is 0.326 e. The highest BCUT2D eigenvalue weighted by atomic mass is 79.9. The first-order chi connectivity index (χ1) is 9.79. The molecule has 8 heteroatoms. The Hall–Kier alpha value is -1.54. The van der Waals surface area contributed by atoms with Crippen molar-refractivity contribution >= 4 is 45.5 Å². The number of hydrogen-bond donors (Lipinski definition) is 3. The Morgan fingerprint density at radius 1 is 1.43 bits per heavy atom. The molecule has 1 aromatic carbocycles. The quantitative estimate of drug-likeness (QED) is 0.623. The molecule has 0 spiro atoms. The van der Waals surface area contributed by atoms with E-state index in [9.17, 15) is 14.4 Å². The predicted octanol–water partition coefficient (Wildman–Crippen LogP) is 1.29. The average Bonchev–Trinajstić information content (AvgIpc) is 2.36. The van der Waals surface area contributed by atoms with Crippen molar-refractivity contribution in [1.29, 1.82) is 0 Å². The van der Waals surface area contributed by atoms with Gasteiger partial charge in [0.2, 0.25) is 11.8 Å². The van der Waals surface area contributed by atoms with Crippen molar-refractivity contribution in [2.75, 3.05) is 5.75 Å². The summed E-state index contributed by atoms with van der Waals surface area (Å²) in [5, 5.41) is 11.2. The van der Waals surface area contributed by atoms with Crippen LogP contribution in [-0.2, 0) is 14.4 Å². The summed E-state index contributed by atoms with van der Waals surface area (Å²) in [6.07, 6.45) is -0.428. The van der Waals surface area contributed by atoms with Gasteiger partial charge >= 0.3 is 5.97 Å². The minimum Gasteiger partial charge on any atom is -0.480 e. The van der Waals surface area contributed by atoms with Crippen molar-refractivity contribution in [3.63, 3.8) is 0 Å². The van der Waals surface area contributed by atoms with E-state index in [0.29, 0.717) is 0 Å². The zero-order chi connectivity index (χ0) is 16.0. The lowest BCUT2D eigenvalue weighted by Gasteiger charge is -2.13. The summed E-state index contributed by atoms with van der Waals surface area (Å²) < 4.78 is 0.946. The number of carbonyl (C=O) groups is 3. The van der Waals surface area contributed by atoms with E-state index in [1.165, 1.54) is 11.8 Å². The molecule has 1 atom stereocenters. The maximum atomic E-state index is 11.7. The Morgan fingerprint density at radius 3 is 2.62 bits per heavy atom. The second kappa shape index (κ2) is 8.04. The minimum absolute atomic E-state index is 0.0605. The molecule has 0 heterocycles. The fraction of sp³-hybridized carbons (Fsp3) is 0.308. The molecule has 0 unspecified atom stereocenters. The molecule has 0 saturated carbocycles. The van der Waals surface area contributed by atoms with Gasteiger partial charge in [-0.25, -0.2) is 4.79 Å². The smallest absolute Gasteiger partial charge is 0.326 e. The molecule has 4 N–H and O–H groups in total. The van der Waals surface area contributed by atoms with Gasteiger partial charge in [-0.2, -0.15) is 0 Å². The van der Waals surface area contributed by atoms with Crippen LogP contribution in [0, 0.1) is 6.92 Å². The molecule has 0 radical (unpaired) electrons. The van der Waals surface area contributed by atoms with Crippen LogP contribution in [0.4, 0.5) is 0 Å². The second-order valence-corrected chi connectivity index (χ2v) is 6.26. The van der Waals surface area contributed by atoms with Crippen LogP contribution in [0.2, 0.25) is 0 Å². The number of primary amides is 1. The molecule has 1 aromatic rings. The lowest BCUT2D eigenvalue weighted by Crippen LogP contribution is -2.44. The molecule has 0 saturated heterocycles. The Morgan fingerprint density at radius 2 is 2.10 bits per heavy atom. The molecule has 114 valence electrons. The molecule has 0 aliphatic carbocycles. The summed E-state index contributed by atoms with van der Waals surface area (Å²) in [4.78, 5) is 34.3. The van der Waals surface area contributed by atoms with Gasteiger partial charge in [0.1, 0.15) is 6.04 Å². The fourth-order valence-electron chi connectivity index (χ4n) is 1.56. The second-order valence-electron chi connectivity index (χ2n) is 4.33. The van der Waals surface area contributed by atoms with Crippen LogP contribution >= 0.6 is 27.7 Å². The van der Waals surface area contributed by atoms with Crippen molar-refractivity contribution in [2.24, 2.45) is 5.73 Å². The molecular weight excluding hydrogens is 360 g/mol. The van der Waals surface area contributed by atoms with E-state index < -0.39 is 30.2 Å². The van der Waals surface area contributed by atoms with Crippen LogP contribution < -0.4 is 11.1 Å². The van der Waals surface area contributed by atoms with Gasteiger partial charge in [-0.3, -0.25) is 9.59 Å². The molecule has 2 amide bonds. The lowest BCUT2D eigenvalue weighted by atomic mass is 10.2. The van der Waals surface area contributed by atoms with Gasteiger partial charge in [-0.15, -0.1) is 11.8 Å². The highest BCUT2D eigenvalue weighted by molar-refractivity contribution is 9.10. The van der Waals surface area contributed by atoms with E-state index in [1.807, 2.05) is 25.1 Å². The Bertz CT molecular complexity index is 565. The summed E-state index contributed by atoms with van der Waals surface area (Å²) in [7, 11) is 0. The fourth-order valence-corrected chi connectivity index (χ4v) is 2.85. The number of amides is 2. The van der Waals surface area contributed by atoms with Crippen LogP contribution in [0.15, 0.2) is 27.6 Å². The van der Waals surface area contributed by atoms with E-state index >= 15 is 0 Å². The number of rotatable bonds is 7. The molecule has 1 rings (SSSR count). The van der Waals surface area contributed by atoms with Crippen LogP contribution in [-0.4, -0.2) is 34.7 Å². The number of nitrogens with one attached hydrogen (secondary N) is 1. The number of thioether (sulfide) groups is 1. The molecule has 0 fully saturated rings. The molecule has 0 aliphatic rings. The molecule has 0 aromatic heterocycles. The third-order valence-electron chi connectivity index (χ3n) is 2.53. The first-order valence-corrected chi connectivity index (χ1v) is 7.77. The van der Waals surface area contributed by atoms with Gasteiger partial charge in [-0.1, -0.05) is 15.9 Å². The van der Waals surface area contributed by atoms with Crippen LogP contribution in [0.5, 0.6) is 0 Å². The van der Waals surface area contributed by atoms with E-state index in [4.69, 9.17) is 10.8 Å². The summed E-state index contributed by atoms with van der Waals surface area (Å²) in [6.45, 7) is 1.91. The van der Waals surface area contributed by atoms with E-state index in [1.54, 1.807) is 0 Å². The van der Waals surface area contributed by atoms with Crippen LogP contribution in [0.25, 0.3) is 0 Å². The monoisotopic (exact) mass is 374 g/mol. The van der Waals surface area contributed by atoms with E-state index in [2.05, 4.69) is 21.2 Å². The Labute approximate surface area is 134 Å². The van der Waals surface area contributed by atoms with Crippen LogP contribution in [0.3, 0.4) is 0 Å². The predicted molar refractivity (Wildman–Crippen MR) is 83.0 cm³/mol. The number of benzene rings is 1. The van der Waals surface area contributed by atoms with Crippen molar-refractivity contribution in [3.05, 3.63) is 28.2 Å². The molecule has 6 nitrogen and oxygen atoms in total. The summed E-state index contributed by atoms with van der Waals surface area (Å²) in [5.41, 5.74) is 5.95. The van der Waals surface area contributed by atoms with Gasteiger partial charge in [0.05, 0.1) is 12.2 Å². The van der Waals surface area contributed by atoms with Crippen molar-refractivity contribution < 1.29 is 19.5 Å². The number of carboxylic acids is 1. The topological polar surface area (TPSA) is 109 Å². The van der Waals surface area contributed by atoms with Crippen molar-refractivity contribution in [1.82, 2.24) is 5.32 Å².